The number of aromatic amines is 1. The maximum Gasteiger partial charge on any atom is 0.262 e. The largest absolute Gasteiger partial charge is 0.336 e. The van der Waals surface area contributed by atoms with Crippen molar-refractivity contribution < 1.29 is 9.18 Å². The maximum absolute atomic E-state index is 14.8. The fraction of sp³-hybridized carbons (Fsp3) is 0.438. The Labute approximate surface area is 137 Å². The number of hydrogen-bond acceptors (Lipinski definition) is 3. The van der Waals surface area contributed by atoms with Crippen LogP contribution in [0.4, 0.5) is 4.39 Å². The Morgan fingerprint density at radius 1 is 1.39 bits per heavy atom. The summed E-state index contributed by atoms with van der Waals surface area (Å²) >= 11 is 5.19. The molecule has 7 heteroatoms. The summed E-state index contributed by atoms with van der Waals surface area (Å²) in [6.45, 7) is 3.42. The third kappa shape index (κ3) is 2.81. The summed E-state index contributed by atoms with van der Waals surface area (Å²) in [5.74, 6) is -0.236. The highest BCUT2D eigenvalue weighted by Crippen LogP contribution is 2.28. The van der Waals surface area contributed by atoms with Gasteiger partial charge in [-0.1, -0.05) is 26.0 Å². The molecule has 0 unspecified atom stereocenters. The lowest BCUT2D eigenvalue weighted by atomic mass is 9.94. The maximum atomic E-state index is 14.8. The molecule has 0 aliphatic carbocycles. The third-order valence-electron chi connectivity index (χ3n) is 4.08. The molecule has 3 rings (SSSR count). The van der Waals surface area contributed by atoms with Gasteiger partial charge in [-0.2, -0.15) is 0 Å². The molecule has 1 amide bonds. The first-order valence-corrected chi connectivity index (χ1v) is 7.91. The number of nitrogens with zero attached hydrogens (tertiary/aromatic N) is 2. The van der Waals surface area contributed by atoms with Gasteiger partial charge in [0.1, 0.15) is 0 Å². The highest BCUT2D eigenvalue weighted by Gasteiger charge is 2.46. The number of rotatable bonds is 3. The number of halogens is 1. The van der Waals surface area contributed by atoms with Crippen LogP contribution in [0.2, 0.25) is 0 Å². The first kappa shape index (κ1) is 15.9. The van der Waals surface area contributed by atoms with E-state index in [1.54, 1.807) is 38.1 Å². The van der Waals surface area contributed by atoms with Gasteiger partial charge in [-0.15, -0.1) is 0 Å². The normalized spacial score (nSPS) is 16.6. The Morgan fingerprint density at radius 3 is 2.70 bits per heavy atom. The highest BCUT2D eigenvalue weighted by molar-refractivity contribution is 7.71. The molecule has 1 fully saturated rings. The van der Waals surface area contributed by atoms with E-state index >= 15 is 0 Å². The number of fused-ring (bicyclic) bond motifs is 1. The smallest absolute Gasteiger partial charge is 0.262 e. The Morgan fingerprint density at radius 2 is 2.04 bits per heavy atom. The molecule has 0 bridgehead atoms. The van der Waals surface area contributed by atoms with Crippen molar-refractivity contribution in [2.24, 2.45) is 5.92 Å². The van der Waals surface area contributed by atoms with Gasteiger partial charge in [0.05, 0.1) is 30.5 Å². The zero-order chi connectivity index (χ0) is 16.8. The number of likely N-dealkylation sites (tertiary alicyclic amines) is 1. The van der Waals surface area contributed by atoms with E-state index in [1.807, 2.05) is 0 Å². The average molecular weight is 335 g/mol. The predicted molar refractivity (Wildman–Crippen MR) is 88.6 cm³/mol. The summed E-state index contributed by atoms with van der Waals surface area (Å²) in [6.07, 6.45) is 0. The van der Waals surface area contributed by atoms with E-state index in [9.17, 15) is 14.0 Å². The molecule has 122 valence electrons. The fourth-order valence-electron chi connectivity index (χ4n) is 2.88. The van der Waals surface area contributed by atoms with Gasteiger partial charge in [0.2, 0.25) is 5.91 Å². The van der Waals surface area contributed by atoms with Crippen molar-refractivity contribution in [2.45, 2.75) is 26.1 Å². The van der Waals surface area contributed by atoms with Crippen LogP contribution in [0.5, 0.6) is 0 Å². The van der Waals surface area contributed by atoms with E-state index in [0.29, 0.717) is 10.9 Å². The van der Waals surface area contributed by atoms with E-state index < -0.39 is 5.67 Å². The van der Waals surface area contributed by atoms with Crippen LogP contribution in [-0.4, -0.2) is 39.1 Å². The number of benzene rings is 1. The van der Waals surface area contributed by atoms with Gasteiger partial charge < -0.3 is 9.88 Å². The summed E-state index contributed by atoms with van der Waals surface area (Å²) in [4.78, 5) is 28.8. The Hall–Kier alpha value is -2.02. The SMILES string of the molecule is CC(C)C(=O)N1CC(F)(Cn2c(=S)[nH]c3ccccc3c2=O)C1. The van der Waals surface area contributed by atoms with E-state index in [-0.39, 0.29) is 41.8 Å². The van der Waals surface area contributed by atoms with Crippen LogP contribution in [0, 0.1) is 10.7 Å². The lowest BCUT2D eigenvalue weighted by Gasteiger charge is -2.45. The number of aromatic nitrogens is 2. The molecule has 0 atom stereocenters. The van der Waals surface area contributed by atoms with Gasteiger partial charge in [0.15, 0.2) is 10.4 Å². The van der Waals surface area contributed by atoms with Crippen LogP contribution in [0.25, 0.3) is 10.9 Å². The summed E-state index contributed by atoms with van der Waals surface area (Å²) in [5.41, 5.74) is -1.29. The van der Waals surface area contributed by atoms with Crippen LogP contribution in [-0.2, 0) is 11.3 Å². The van der Waals surface area contributed by atoms with Gasteiger partial charge in [-0.25, -0.2) is 4.39 Å². The van der Waals surface area contributed by atoms with Crippen molar-refractivity contribution in [3.63, 3.8) is 0 Å². The van der Waals surface area contributed by atoms with Crippen LogP contribution in [0.15, 0.2) is 29.1 Å². The molecule has 23 heavy (non-hydrogen) atoms. The predicted octanol–water partition coefficient (Wildman–Crippen LogP) is 2.27. The minimum atomic E-state index is -1.61. The van der Waals surface area contributed by atoms with Crippen LogP contribution in [0.1, 0.15) is 13.8 Å². The van der Waals surface area contributed by atoms with Gasteiger partial charge in [-0.3, -0.25) is 14.2 Å². The molecule has 2 aromatic rings. The van der Waals surface area contributed by atoms with E-state index in [2.05, 4.69) is 4.98 Å². The van der Waals surface area contributed by atoms with E-state index in [0.717, 1.165) is 0 Å². The third-order valence-corrected chi connectivity index (χ3v) is 4.41. The second-order valence-corrected chi connectivity index (χ2v) is 6.75. The van der Waals surface area contributed by atoms with Gasteiger partial charge >= 0.3 is 0 Å². The molecule has 1 N–H and O–H groups in total. The van der Waals surface area contributed by atoms with Crippen molar-refractivity contribution in [3.05, 3.63) is 39.4 Å². The van der Waals surface area contributed by atoms with Crippen molar-refractivity contribution in [1.29, 1.82) is 0 Å². The molecule has 1 aromatic heterocycles. The number of nitrogens with one attached hydrogen (secondary N) is 1. The molecular formula is C16H18FN3O2S. The second-order valence-electron chi connectivity index (χ2n) is 6.37. The van der Waals surface area contributed by atoms with Crippen LogP contribution in [0.3, 0.4) is 0 Å². The number of para-hydroxylation sites is 1. The lowest BCUT2D eigenvalue weighted by Crippen LogP contribution is -2.64. The number of hydrogen-bond donors (Lipinski definition) is 1. The summed E-state index contributed by atoms with van der Waals surface area (Å²) in [5, 5.41) is 0.471. The quantitative estimate of drug-likeness (QED) is 0.876. The zero-order valence-corrected chi connectivity index (χ0v) is 13.8. The molecular weight excluding hydrogens is 317 g/mol. The van der Waals surface area contributed by atoms with Crippen LogP contribution < -0.4 is 5.56 Å². The standard InChI is InChI=1S/C16H18FN3O2S/c1-10(2)13(21)19-7-16(17,8-19)9-20-14(22)11-5-3-4-6-12(11)18-15(20)23/h3-6,10H,7-9H2,1-2H3,(H,18,23). The van der Waals surface area contributed by atoms with Crippen molar-refractivity contribution in [1.82, 2.24) is 14.5 Å². The summed E-state index contributed by atoms with van der Waals surface area (Å²) < 4.78 is 16.3. The highest BCUT2D eigenvalue weighted by atomic mass is 32.1. The Bertz CT molecular complexity index is 881. The number of amides is 1. The Kier molecular flexibility index (Phi) is 3.83. The number of alkyl halides is 1. The minimum absolute atomic E-state index is 0.00193. The van der Waals surface area contributed by atoms with Crippen molar-refractivity contribution in [2.75, 3.05) is 13.1 Å². The van der Waals surface area contributed by atoms with Gasteiger partial charge in [-0.05, 0) is 24.4 Å². The first-order chi connectivity index (χ1) is 10.8. The zero-order valence-electron chi connectivity index (χ0n) is 13.0. The molecule has 1 aromatic carbocycles. The van der Waals surface area contributed by atoms with E-state index in [4.69, 9.17) is 12.2 Å². The Balaban J connectivity index is 1.87. The molecule has 5 nitrogen and oxygen atoms in total. The first-order valence-electron chi connectivity index (χ1n) is 7.50. The lowest BCUT2D eigenvalue weighted by molar-refractivity contribution is -0.150. The van der Waals surface area contributed by atoms with E-state index in [1.165, 1.54) is 9.47 Å². The molecule has 0 saturated carbocycles. The van der Waals surface area contributed by atoms with Gasteiger partial charge in [0.25, 0.3) is 5.56 Å². The number of H-pyrrole nitrogens is 1. The number of carbonyl (C=O) groups is 1. The van der Waals surface area contributed by atoms with Crippen LogP contribution >= 0.6 is 12.2 Å². The fourth-order valence-corrected chi connectivity index (χ4v) is 3.14. The number of carbonyl (C=O) groups excluding carboxylic acids is 1. The monoisotopic (exact) mass is 335 g/mol. The van der Waals surface area contributed by atoms with Crippen molar-refractivity contribution >= 4 is 29.0 Å². The molecule has 1 aliphatic heterocycles. The molecule has 0 radical (unpaired) electrons. The summed E-state index contributed by atoms with van der Waals surface area (Å²) in [7, 11) is 0. The molecule has 1 saturated heterocycles. The molecule has 2 heterocycles. The summed E-state index contributed by atoms with van der Waals surface area (Å²) in [6, 6.07) is 6.99. The second kappa shape index (κ2) is 5.56. The van der Waals surface area contributed by atoms with Gasteiger partial charge in [0, 0.05) is 5.92 Å². The minimum Gasteiger partial charge on any atom is -0.336 e. The topological polar surface area (TPSA) is 58.1 Å². The average Bonchev–Trinajstić information content (AvgIpc) is 2.48. The molecule has 1 aliphatic rings. The molecule has 0 spiro atoms. The van der Waals surface area contributed by atoms with Crippen molar-refractivity contribution in [3.8, 4) is 0 Å².